The molecular weight excluding hydrogens is 222 g/mol. The van der Waals surface area contributed by atoms with Crippen molar-refractivity contribution in [2.45, 2.75) is 13.0 Å². The minimum absolute atomic E-state index is 0.0922. The maximum Gasteiger partial charge on any atom is 0.223 e. The minimum Gasteiger partial charge on any atom is -0.493 e. The number of carbonyl (C=O) groups is 1. The molecule has 0 radical (unpaired) electrons. The SMILES string of the molecule is CNC(=O)CCOc1c(CO)cccc1OC. The third-order valence-electron chi connectivity index (χ3n) is 2.31. The summed E-state index contributed by atoms with van der Waals surface area (Å²) < 4.78 is 10.6. The van der Waals surface area contributed by atoms with Crippen LogP contribution in [0.2, 0.25) is 0 Å². The normalized spacial score (nSPS) is 9.82. The summed E-state index contributed by atoms with van der Waals surface area (Å²) in [5.41, 5.74) is 0.640. The first-order valence-electron chi connectivity index (χ1n) is 5.33. The highest BCUT2D eigenvalue weighted by Gasteiger charge is 2.10. The molecule has 0 heterocycles. The summed E-state index contributed by atoms with van der Waals surface area (Å²) in [7, 11) is 3.10. The van der Waals surface area contributed by atoms with E-state index in [0.29, 0.717) is 17.1 Å². The van der Waals surface area contributed by atoms with Gasteiger partial charge in [-0.3, -0.25) is 4.79 Å². The van der Waals surface area contributed by atoms with Crippen molar-refractivity contribution in [1.29, 1.82) is 0 Å². The molecule has 94 valence electrons. The summed E-state index contributed by atoms with van der Waals surface area (Å²) in [4.78, 5) is 11.0. The molecule has 0 aromatic heterocycles. The van der Waals surface area contributed by atoms with E-state index >= 15 is 0 Å². The maximum atomic E-state index is 11.0. The minimum atomic E-state index is -0.132. The van der Waals surface area contributed by atoms with Gasteiger partial charge in [-0.2, -0.15) is 0 Å². The molecule has 0 aliphatic heterocycles. The van der Waals surface area contributed by atoms with Gasteiger partial charge in [-0.15, -0.1) is 0 Å². The number of para-hydroxylation sites is 1. The second-order valence-corrected chi connectivity index (χ2v) is 3.38. The Balaban J connectivity index is 2.71. The standard InChI is InChI=1S/C12H17NO4/c1-13-11(15)6-7-17-12-9(8-14)4-3-5-10(12)16-2/h3-5,14H,6-8H2,1-2H3,(H,13,15). The lowest BCUT2D eigenvalue weighted by atomic mass is 10.2. The number of carbonyl (C=O) groups excluding carboxylic acids is 1. The highest BCUT2D eigenvalue weighted by Crippen LogP contribution is 2.31. The fraction of sp³-hybridized carbons (Fsp3) is 0.417. The first kappa shape index (κ1) is 13.3. The molecule has 5 heteroatoms. The van der Waals surface area contributed by atoms with Crippen molar-refractivity contribution < 1.29 is 19.4 Å². The molecule has 0 spiro atoms. The first-order chi connectivity index (χ1) is 8.22. The number of rotatable bonds is 6. The molecule has 17 heavy (non-hydrogen) atoms. The van der Waals surface area contributed by atoms with Crippen LogP contribution in [0.3, 0.4) is 0 Å². The van der Waals surface area contributed by atoms with Gasteiger partial charge < -0.3 is 19.9 Å². The molecule has 0 aliphatic rings. The molecule has 5 nitrogen and oxygen atoms in total. The van der Waals surface area contributed by atoms with Crippen LogP contribution in [-0.4, -0.2) is 31.8 Å². The smallest absolute Gasteiger partial charge is 0.223 e. The molecule has 1 aromatic rings. The Hall–Kier alpha value is -1.75. The predicted octanol–water partition coefficient (Wildman–Crippen LogP) is 0.702. The van der Waals surface area contributed by atoms with E-state index in [1.807, 2.05) is 0 Å². The molecular formula is C12H17NO4. The van der Waals surface area contributed by atoms with Crippen LogP contribution >= 0.6 is 0 Å². The van der Waals surface area contributed by atoms with Crippen LogP contribution in [0, 0.1) is 0 Å². The van der Waals surface area contributed by atoms with Gasteiger partial charge in [0.2, 0.25) is 5.91 Å². The van der Waals surface area contributed by atoms with E-state index in [2.05, 4.69) is 5.32 Å². The van der Waals surface area contributed by atoms with Crippen LogP contribution < -0.4 is 14.8 Å². The number of methoxy groups -OCH3 is 1. The highest BCUT2D eigenvalue weighted by atomic mass is 16.5. The fourth-order valence-electron chi connectivity index (χ4n) is 1.38. The number of aliphatic hydroxyl groups excluding tert-OH is 1. The Labute approximate surface area is 100 Å². The Bertz CT molecular complexity index is 357. The van der Waals surface area contributed by atoms with Gasteiger partial charge in [0.15, 0.2) is 11.5 Å². The van der Waals surface area contributed by atoms with E-state index in [9.17, 15) is 9.90 Å². The van der Waals surface area contributed by atoms with Gasteiger partial charge in [0, 0.05) is 12.6 Å². The van der Waals surface area contributed by atoms with Gasteiger partial charge >= 0.3 is 0 Å². The Morgan fingerprint density at radius 3 is 2.82 bits per heavy atom. The van der Waals surface area contributed by atoms with E-state index in [1.165, 1.54) is 7.11 Å². The lowest BCUT2D eigenvalue weighted by Gasteiger charge is -2.13. The maximum absolute atomic E-state index is 11.0. The Morgan fingerprint density at radius 1 is 1.47 bits per heavy atom. The van der Waals surface area contributed by atoms with Crippen LogP contribution in [0.1, 0.15) is 12.0 Å². The summed E-state index contributed by atoms with van der Waals surface area (Å²) in [5, 5.41) is 11.7. The molecule has 0 saturated heterocycles. The zero-order valence-corrected chi connectivity index (χ0v) is 10.0. The van der Waals surface area contributed by atoms with Gasteiger partial charge in [-0.1, -0.05) is 12.1 Å². The van der Waals surface area contributed by atoms with Crippen molar-refractivity contribution in [3.8, 4) is 11.5 Å². The second-order valence-electron chi connectivity index (χ2n) is 3.38. The van der Waals surface area contributed by atoms with Crippen LogP contribution in [0.4, 0.5) is 0 Å². The highest BCUT2D eigenvalue weighted by molar-refractivity contribution is 5.75. The van der Waals surface area contributed by atoms with Crippen LogP contribution in [0.15, 0.2) is 18.2 Å². The van der Waals surface area contributed by atoms with Crippen molar-refractivity contribution in [3.63, 3.8) is 0 Å². The van der Waals surface area contributed by atoms with Crippen LogP contribution in [0.25, 0.3) is 0 Å². The molecule has 2 N–H and O–H groups in total. The summed E-state index contributed by atoms with van der Waals surface area (Å²) in [6, 6.07) is 5.27. The van der Waals surface area contributed by atoms with Crippen molar-refractivity contribution in [2.75, 3.05) is 20.8 Å². The van der Waals surface area contributed by atoms with Crippen LogP contribution in [0.5, 0.6) is 11.5 Å². The van der Waals surface area contributed by atoms with Crippen molar-refractivity contribution >= 4 is 5.91 Å². The van der Waals surface area contributed by atoms with E-state index in [-0.39, 0.29) is 25.5 Å². The summed E-state index contributed by atoms with van der Waals surface area (Å²) in [5.74, 6) is 0.945. The third-order valence-corrected chi connectivity index (χ3v) is 2.31. The topological polar surface area (TPSA) is 67.8 Å². The molecule has 0 bridgehead atoms. The van der Waals surface area contributed by atoms with Gasteiger partial charge in [-0.25, -0.2) is 0 Å². The average Bonchev–Trinajstić information content (AvgIpc) is 2.38. The quantitative estimate of drug-likeness (QED) is 0.767. The number of hydrogen-bond acceptors (Lipinski definition) is 4. The number of aliphatic hydroxyl groups is 1. The van der Waals surface area contributed by atoms with E-state index in [0.717, 1.165) is 0 Å². The monoisotopic (exact) mass is 239 g/mol. The van der Waals surface area contributed by atoms with Crippen molar-refractivity contribution in [3.05, 3.63) is 23.8 Å². The zero-order valence-electron chi connectivity index (χ0n) is 10.0. The van der Waals surface area contributed by atoms with Crippen LogP contribution in [-0.2, 0) is 11.4 Å². The molecule has 1 aromatic carbocycles. The third kappa shape index (κ3) is 3.64. The predicted molar refractivity (Wildman–Crippen MR) is 63.1 cm³/mol. The van der Waals surface area contributed by atoms with Gasteiger partial charge in [0.1, 0.15) is 0 Å². The lowest BCUT2D eigenvalue weighted by molar-refractivity contribution is -0.121. The molecule has 0 atom stereocenters. The van der Waals surface area contributed by atoms with Gasteiger partial charge in [0.25, 0.3) is 0 Å². The average molecular weight is 239 g/mol. The van der Waals surface area contributed by atoms with Gasteiger partial charge in [0.05, 0.1) is 26.7 Å². The molecule has 1 amide bonds. The number of ether oxygens (including phenoxy) is 2. The van der Waals surface area contributed by atoms with E-state index in [4.69, 9.17) is 9.47 Å². The largest absolute Gasteiger partial charge is 0.493 e. The Kier molecular flexibility index (Phi) is 5.29. The van der Waals surface area contributed by atoms with Crippen molar-refractivity contribution in [1.82, 2.24) is 5.32 Å². The van der Waals surface area contributed by atoms with E-state index in [1.54, 1.807) is 25.2 Å². The van der Waals surface area contributed by atoms with Crippen molar-refractivity contribution in [2.24, 2.45) is 0 Å². The summed E-state index contributed by atoms with van der Waals surface area (Å²) >= 11 is 0. The van der Waals surface area contributed by atoms with Gasteiger partial charge in [-0.05, 0) is 6.07 Å². The fourth-order valence-corrected chi connectivity index (χ4v) is 1.38. The van der Waals surface area contributed by atoms with E-state index < -0.39 is 0 Å². The lowest BCUT2D eigenvalue weighted by Crippen LogP contribution is -2.20. The number of benzene rings is 1. The first-order valence-corrected chi connectivity index (χ1v) is 5.33. The second kappa shape index (κ2) is 6.75. The molecule has 0 aliphatic carbocycles. The molecule has 0 fully saturated rings. The number of amides is 1. The molecule has 0 saturated carbocycles. The number of hydrogen-bond donors (Lipinski definition) is 2. The zero-order chi connectivity index (χ0) is 12.7. The molecule has 0 unspecified atom stereocenters. The summed E-state index contributed by atoms with van der Waals surface area (Å²) in [6.45, 7) is 0.111. The summed E-state index contributed by atoms with van der Waals surface area (Å²) in [6.07, 6.45) is 0.263. The Morgan fingerprint density at radius 2 is 2.24 bits per heavy atom. The number of nitrogens with one attached hydrogen (secondary N) is 1. The molecule has 1 rings (SSSR count).